The van der Waals surface area contributed by atoms with Gasteiger partial charge in [0.05, 0.1) is 6.20 Å². The first kappa shape index (κ1) is 30.6. The molecule has 0 radical (unpaired) electrons. The highest BCUT2D eigenvalue weighted by molar-refractivity contribution is 6.16. The third kappa shape index (κ3) is 4.92. The van der Waals surface area contributed by atoms with Crippen LogP contribution in [-0.4, -0.2) is 10.8 Å². The predicted octanol–water partition coefficient (Wildman–Crippen LogP) is 11.7. The monoisotopic (exact) mass is 696 g/mol. The minimum atomic E-state index is -0.254. The van der Waals surface area contributed by atoms with Crippen LogP contribution in [0.15, 0.2) is 184 Å². The minimum Gasteiger partial charge on any atom is -0.456 e. The highest BCUT2D eigenvalue weighted by Crippen LogP contribution is 2.41. The summed E-state index contributed by atoms with van der Waals surface area (Å²) in [6, 6.07) is 55.2. The summed E-state index contributed by atoms with van der Waals surface area (Å²) in [6.07, 6.45) is 3.11. The summed E-state index contributed by atoms with van der Waals surface area (Å²) >= 11 is 0. The summed E-state index contributed by atoms with van der Waals surface area (Å²) in [7, 11) is 0. The Labute approximate surface area is 310 Å². The van der Waals surface area contributed by atoms with Crippen molar-refractivity contribution < 1.29 is 8.83 Å². The van der Waals surface area contributed by atoms with Crippen LogP contribution >= 0.6 is 0 Å². The van der Waals surface area contributed by atoms with Crippen molar-refractivity contribution in [3.05, 3.63) is 187 Å². The molecule has 0 amide bonds. The van der Waals surface area contributed by atoms with Crippen molar-refractivity contribution in [2.45, 2.75) is 12.3 Å². The van der Waals surface area contributed by atoms with E-state index in [-0.39, 0.29) is 12.3 Å². The van der Waals surface area contributed by atoms with Gasteiger partial charge in [0.2, 0.25) is 0 Å². The van der Waals surface area contributed by atoms with E-state index in [1.165, 1.54) is 27.5 Å². The topological polar surface area (TPSA) is 75.6 Å². The first-order chi connectivity index (χ1) is 26.8. The average Bonchev–Trinajstić information content (AvgIpc) is 3.82. The second-order valence-electron chi connectivity index (χ2n) is 13.8. The zero-order valence-corrected chi connectivity index (χ0v) is 29.0. The molecule has 0 saturated carbocycles. The standard InChI is InChI=1S/C48H32N4O2/c1-2-10-30(11-3-1)46-50-47(52-48(51-46)39-18-9-21-42-45(39)38-26-27-49-28-43(38)54-42)31-24-22-29(23-25-31)32-13-6-15-34-33(32)14-7-16-35(34)36-17-8-20-41-44(36)37-12-4-5-19-40(37)53-41/h1-28,46,48,51H,(H,50,52). The summed E-state index contributed by atoms with van der Waals surface area (Å²) in [4.78, 5) is 9.51. The lowest BCUT2D eigenvalue weighted by Crippen LogP contribution is -2.45. The molecule has 0 bridgehead atoms. The maximum absolute atomic E-state index is 6.25. The van der Waals surface area contributed by atoms with Crippen LogP contribution in [0.2, 0.25) is 0 Å². The first-order valence-electron chi connectivity index (χ1n) is 18.2. The molecule has 54 heavy (non-hydrogen) atoms. The summed E-state index contributed by atoms with van der Waals surface area (Å²) in [5.74, 6) is 0.825. The van der Waals surface area contributed by atoms with Crippen molar-refractivity contribution in [2.24, 2.45) is 4.99 Å². The van der Waals surface area contributed by atoms with E-state index in [2.05, 4.69) is 137 Å². The molecule has 0 fully saturated rings. The highest BCUT2D eigenvalue weighted by atomic mass is 16.3. The van der Waals surface area contributed by atoms with Gasteiger partial charge in [0, 0.05) is 38.9 Å². The number of nitrogens with one attached hydrogen (secondary N) is 2. The van der Waals surface area contributed by atoms with E-state index in [0.717, 1.165) is 72.0 Å². The van der Waals surface area contributed by atoms with Crippen LogP contribution in [0.4, 0.5) is 0 Å². The summed E-state index contributed by atoms with van der Waals surface area (Å²) in [6.45, 7) is 0. The lowest BCUT2D eigenvalue weighted by molar-refractivity contribution is 0.411. The van der Waals surface area contributed by atoms with Crippen LogP contribution in [0, 0.1) is 0 Å². The van der Waals surface area contributed by atoms with E-state index in [1.54, 1.807) is 6.20 Å². The molecule has 256 valence electrons. The van der Waals surface area contributed by atoms with Crippen LogP contribution in [0.1, 0.15) is 29.0 Å². The second kappa shape index (κ2) is 12.3. The number of hydrogen-bond acceptors (Lipinski definition) is 6. The second-order valence-corrected chi connectivity index (χ2v) is 13.8. The number of amidine groups is 1. The highest BCUT2D eigenvalue weighted by Gasteiger charge is 2.28. The Hall–Kier alpha value is -7.02. The molecule has 11 rings (SSSR count). The van der Waals surface area contributed by atoms with Crippen molar-refractivity contribution >= 4 is 60.5 Å². The van der Waals surface area contributed by atoms with Gasteiger partial charge >= 0.3 is 0 Å². The van der Waals surface area contributed by atoms with E-state index < -0.39 is 0 Å². The normalized spacial score (nSPS) is 16.0. The number of hydrogen-bond donors (Lipinski definition) is 2. The summed E-state index contributed by atoms with van der Waals surface area (Å²) in [5.41, 5.74) is 11.3. The Kier molecular flexibility index (Phi) is 6.97. The minimum absolute atomic E-state index is 0.228. The summed E-state index contributed by atoms with van der Waals surface area (Å²) in [5, 5.41) is 14.3. The Bertz CT molecular complexity index is 3070. The number of nitrogens with zero attached hydrogens (tertiary/aromatic N) is 2. The average molecular weight is 697 g/mol. The zero-order valence-electron chi connectivity index (χ0n) is 29.0. The lowest BCUT2D eigenvalue weighted by Gasteiger charge is -2.32. The molecule has 10 aromatic rings. The molecule has 0 aliphatic carbocycles. The molecule has 1 aliphatic heterocycles. The number of aromatic nitrogens is 1. The van der Waals surface area contributed by atoms with Gasteiger partial charge in [-0.3, -0.25) is 10.3 Å². The molecule has 2 unspecified atom stereocenters. The molecule has 2 N–H and O–H groups in total. The van der Waals surface area contributed by atoms with E-state index in [1.807, 2.05) is 42.6 Å². The Morgan fingerprint density at radius 1 is 0.463 bits per heavy atom. The Morgan fingerprint density at radius 3 is 1.96 bits per heavy atom. The SMILES string of the molecule is c1ccc(C2N=C(c3ccc(-c4cccc5c(-c6cccc7oc8ccccc8c67)cccc45)cc3)NC(c3cccc4oc5cnccc5c34)N2)cc1. The van der Waals surface area contributed by atoms with Gasteiger partial charge in [-0.1, -0.05) is 133 Å². The predicted molar refractivity (Wildman–Crippen MR) is 218 cm³/mol. The number of para-hydroxylation sites is 1. The smallest absolute Gasteiger partial charge is 0.153 e. The van der Waals surface area contributed by atoms with Gasteiger partial charge in [-0.2, -0.15) is 0 Å². The van der Waals surface area contributed by atoms with E-state index in [0.29, 0.717) is 0 Å². The van der Waals surface area contributed by atoms with Gasteiger partial charge in [0.25, 0.3) is 0 Å². The molecule has 6 heteroatoms. The fourth-order valence-corrected chi connectivity index (χ4v) is 8.22. The molecular formula is C48H32N4O2. The number of benzene rings is 7. The number of rotatable bonds is 5. The van der Waals surface area contributed by atoms with Gasteiger partial charge in [-0.05, 0) is 62.9 Å². The molecule has 1 aliphatic rings. The molecular weight excluding hydrogens is 665 g/mol. The zero-order chi connectivity index (χ0) is 35.6. The van der Waals surface area contributed by atoms with Gasteiger partial charge in [-0.15, -0.1) is 0 Å². The lowest BCUT2D eigenvalue weighted by atomic mass is 9.91. The molecule has 3 aromatic heterocycles. The number of pyridine rings is 1. The van der Waals surface area contributed by atoms with Crippen molar-refractivity contribution in [1.82, 2.24) is 15.6 Å². The van der Waals surface area contributed by atoms with E-state index in [9.17, 15) is 0 Å². The van der Waals surface area contributed by atoms with Crippen molar-refractivity contribution in [2.75, 3.05) is 0 Å². The molecule has 2 atom stereocenters. The van der Waals surface area contributed by atoms with Crippen LogP contribution in [0.25, 0.3) is 76.9 Å². The number of furan rings is 2. The van der Waals surface area contributed by atoms with Crippen LogP contribution < -0.4 is 10.6 Å². The molecule has 4 heterocycles. The largest absolute Gasteiger partial charge is 0.456 e. The van der Waals surface area contributed by atoms with Gasteiger partial charge in [0.15, 0.2) is 5.58 Å². The van der Waals surface area contributed by atoms with Crippen LogP contribution in [-0.2, 0) is 0 Å². The fourth-order valence-electron chi connectivity index (χ4n) is 8.22. The molecule has 0 saturated heterocycles. The van der Waals surface area contributed by atoms with Crippen molar-refractivity contribution in [1.29, 1.82) is 0 Å². The van der Waals surface area contributed by atoms with Crippen LogP contribution in [0.5, 0.6) is 0 Å². The molecule has 0 spiro atoms. The first-order valence-corrected chi connectivity index (χ1v) is 18.2. The maximum Gasteiger partial charge on any atom is 0.153 e. The van der Waals surface area contributed by atoms with Gasteiger partial charge in [0.1, 0.15) is 34.9 Å². The molecule has 7 aromatic carbocycles. The van der Waals surface area contributed by atoms with Crippen molar-refractivity contribution in [3.8, 4) is 22.3 Å². The van der Waals surface area contributed by atoms with Gasteiger partial charge in [-0.25, -0.2) is 4.99 Å². The van der Waals surface area contributed by atoms with E-state index >= 15 is 0 Å². The number of fused-ring (bicyclic) bond motifs is 7. The van der Waals surface area contributed by atoms with E-state index in [4.69, 9.17) is 13.8 Å². The fraction of sp³-hybridized carbons (Fsp3) is 0.0417. The Morgan fingerprint density at radius 2 is 1.09 bits per heavy atom. The Balaban J connectivity index is 0.988. The number of aliphatic imine (C=N–C) groups is 1. The van der Waals surface area contributed by atoms with Gasteiger partial charge < -0.3 is 14.2 Å². The van der Waals surface area contributed by atoms with Crippen molar-refractivity contribution in [3.63, 3.8) is 0 Å². The van der Waals surface area contributed by atoms with Crippen LogP contribution in [0.3, 0.4) is 0 Å². The maximum atomic E-state index is 6.25. The quantitative estimate of drug-likeness (QED) is 0.187. The third-order valence-electron chi connectivity index (χ3n) is 10.7. The summed E-state index contributed by atoms with van der Waals surface area (Å²) < 4.78 is 12.5. The molecule has 6 nitrogen and oxygen atoms in total. The third-order valence-corrected chi connectivity index (χ3v) is 10.7.